The summed E-state index contributed by atoms with van der Waals surface area (Å²) in [6.45, 7) is 6.35. The molecule has 4 nitrogen and oxygen atoms in total. The largest absolute Gasteiger partial charge is 0.382 e. The van der Waals surface area contributed by atoms with E-state index in [9.17, 15) is 0 Å². The number of nitrogens with one attached hydrogen (secondary N) is 2. The van der Waals surface area contributed by atoms with Gasteiger partial charge in [-0.25, -0.2) is 4.98 Å². The molecule has 1 atom stereocenters. The zero-order valence-corrected chi connectivity index (χ0v) is 11.9. The summed E-state index contributed by atoms with van der Waals surface area (Å²) in [7, 11) is 0. The van der Waals surface area contributed by atoms with Crippen LogP contribution >= 0.6 is 0 Å². The van der Waals surface area contributed by atoms with E-state index in [0.29, 0.717) is 6.04 Å². The molecule has 0 saturated heterocycles. The van der Waals surface area contributed by atoms with Crippen molar-refractivity contribution in [2.75, 3.05) is 5.32 Å². The average Bonchev–Trinajstić information content (AvgIpc) is 2.83. The van der Waals surface area contributed by atoms with E-state index >= 15 is 0 Å². The molecule has 0 saturated carbocycles. The summed E-state index contributed by atoms with van der Waals surface area (Å²) < 4.78 is 0. The van der Waals surface area contributed by atoms with Crippen LogP contribution in [-0.2, 0) is 0 Å². The van der Waals surface area contributed by atoms with Gasteiger partial charge in [0.05, 0.1) is 0 Å². The van der Waals surface area contributed by atoms with Crippen molar-refractivity contribution in [3.63, 3.8) is 0 Å². The van der Waals surface area contributed by atoms with Crippen LogP contribution in [0.25, 0.3) is 11.4 Å². The molecule has 19 heavy (non-hydrogen) atoms. The fourth-order valence-corrected chi connectivity index (χ4v) is 2.12. The second-order valence-electron chi connectivity index (χ2n) is 4.98. The number of aromatic nitrogens is 3. The highest BCUT2D eigenvalue weighted by molar-refractivity contribution is 5.73. The van der Waals surface area contributed by atoms with E-state index in [1.807, 2.05) is 19.1 Å². The molecule has 1 unspecified atom stereocenters. The Morgan fingerprint density at radius 1 is 1.32 bits per heavy atom. The topological polar surface area (TPSA) is 53.6 Å². The smallest absolute Gasteiger partial charge is 0.183 e. The lowest BCUT2D eigenvalue weighted by molar-refractivity contribution is 0.645. The summed E-state index contributed by atoms with van der Waals surface area (Å²) >= 11 is 0. The van der Waals surface area contributed by atoms with Gasteiger partial charge in [0.2, 0.25) is 0 Å². The molecule has 0 fully saturated rings. The van der Waals surface area contributed by atoms with Crippen LogP contribution < -0.4 is 5.32 Å². The second-order valence-corrected chi connectivity index (χ2v) is 4.98. The lowest BCUT2D eigenvalue weighted by atomic mass is 10.1. The fourth-order valence-electron chi connectivity index (χ4n) is 2.12. The summed E-state index contributed by atoms with van der Waals surface area (Å²) in [6, 6.07) is 8.66. The van der Waals surface area contributed by atoms with Gasteiger partial charge < -0.3 is 5.32 Å². The Kier molecular flexibility index (Phi) is 4.55. The Morgan fingerprint density at radius 2 is 2.11 bits per heavy atom. The van der Waals surface area contributed by atoms with Gasteiger partial charge in [-0.3, -0.25) is 5.10 Å². The standard InChI is InChI=1S/C15H22N4/c1-4-5-8-11(2)16-14-10-7-6-9-13(14)15-17-12(3)18-19-15/h6-7,9-11,16H,4-5,8H2,1-3H3,(H,17,18,19). The molecule has 2 rings (SSSR count). The minimum atomic E-state index is 0.459. The molecular formula is C15H22N4. The quantitative estimate of drug-likeness (QED) is 0.829. The number of aryl methyl sites for hydroxylation is 1. The minimum Gasteiger partial charge on any atom is -0.382 e. The number of anilines is 1. The zero-order valence-electron chi connectivity index (χ0n) is 11.9. The predicted octanol–water partition coefficient (Wildman–Crippen LogP) is 3.77. The number of benzene rings is 1. The van der Waals surface area contributed by atoms with Crippen LogP contribution in [0.3, 0.4) is 0 Å². The van der Waals surface area contributed by atoms with Gasteiger partial charge in [0.1, 0.15) is 5.82 Å². The number of nitrogens with zero attached hydrogens (tertiary/aromatic N) is 2. The summed E-state index contributed by atoms with van der Waals surface area (Å²) in [4.78, 5) is 4.40. The number of rotatable bonds is 6. The average molecular weight is 258 g/mol. The van der Waals surface area contributed by atoms with Gasteiger partial charge in [-0.1, -0.05) is 31.9 Å². The first-order valence-electron chi connectivity index (χ1n) is 6.95. The molecule has 0 spiro atoms. The third kappa shape index (κ3) is 3.56. The van der Waals surface area contributed by atoms with E-state index in [4.69, 9.17) is 0 Å². The molecule has 0 aliphatic rings. The first-order chi connectivity index (χ1) is 9.20. The van der Waals surface area contributed by atoms with E-state index in [2.05, 4.69) is 46.5 Å². The van der Waals surface area contributed by atoms with Crippen LogP contribution in [0.1, 0.15) is 38.9 Å². The molecule has 2 aromatic rings. The van der Waals surface area contributed by atoms with Gasteiger partial charge in [0, 0.05) is 17.3 Å². The Bertz CT molecular complexity index is 518. The van der Waals surface area contributed by atoms with Crippen molar-refractivity contribution in [3.05, 3.63) is 30.1 Å². The monoisotopic (exact) mass is 258 g/mol. The first-order valence-corrected chi connectivity index (χ1v) is 6.95. The van der Waals surface area contributed by atoms with E-state index in [0.717, 1.165) is 22.9 Å². The summed E-state index contributed by atoms with van der Waals surface area (Å²) in [6.07, 6.45) is 3.65. The van der Waals surface area contributed by atoms with Gasteiger partial charge >= 0.3 is 0 Å². The number of hydrogen-bond acceptors (Lipinski definition) is 3. The summed E-state index contributed by atoms with van der Waals surface area (Å²) in [5, 5.41) is 10.7. The Morgan fingerprint density at radius 3 is 2.79 bits per heavy atom. The zero-order chi connectivity index (χ0) is 13.7. The van der Waals surface area contributed by atoms with Crippen molar-refractivity contribution >= 4 is 5.69 Å². The van der Waals surface area contributed by atoms with Gasteiger partial charge in [-0.05, 0) is 32.4 Å². The maximum Gasteiger partial charge on any atom is 0.183 e. The van der Waals surface area contributed by atoms with Gasteiger partial charge in [0.25, 0.3) is 0 Å². The van der Waals surface area contributed by atoms with Crippen LogP contribution in [-0.4, -0.2) is 21.2 Å². The van der Waals surface area contributed by atoms with E-state index in [-0.39, 0.29) is 0 Å². The van der Waals surface area contributed by atoms with Crippen LogP contribution in [0, 0.1) is 6.92 Å². The van der Waals surface area contributed by atoms with Crippen molar-refractivity contribution < 1.29 is 0 Å². The van der Waals surface area contributed by atoms with Crippen LogP contribution in [0.15, 0.2) is 24.3 Å². The molecule has 1 aromatic heterocycles. The number of hydrogen-bond donors (Lipinski definition) is 2. The third-order valence-electron chi connectivity index (χ3n) is 3.16. The predicted molar refractivity (Wildman–Crippen MR) is 79.2 cm³/mol. The summed E-state index contributed by atoms with van der Waals surface area (Å²) in [5.41, 5.74) is 2.15. The lowest BCUT2D eigenvalue weighted by Crippen LogP contribution is -2.15. The summed E-state index contributed by atoms with van der Waals surface area (Å²) in [5.74, 6) is 1.59. The van der Waals surface area contributed by atoms with Crippen molar-refractivity contribution in [3.8, 4) is 11.4 Å². The lowest BCUT2D eigenvalue weighted by Gasteiger charge is -2.16. The van der Waals surface area contributed by atoms with Gasteiger partial charge in [-0.15, -0.1) is 0 Å². The normalized spacial score (nSPS) is 12.4. The highest BCUT2D eigenvalue weighted by Crippen LogP contribution is 2.25. The molecule has 102 valence electrons. The molecule has 4 heteroatoms. The third-order valence-corrected chi connectivity index (χ3v) is 3.16. The molecular weight excluding hydrogens is 236 g/mol. The maximum absolute atomic E-state index is 4.40. The van der Waals surface area contributed by atoms with Crippen molar-refractivity contribution in [1.82, 2.24) is 15.2 Å². The molecule has 0 aliphatic heterocycles. The van der Waals surface area contributed by atoms with Gasteiger partial charge in [0.15, 0.2) is 5.82 Å². The molecule has 2 N–H and O–H groups in total. The van der Waals surface area contributed by atoms with Crippen LogP contribution in [0.4, 0.5) is 5.69 Å². The SMILES string of the molecule is CCCCC(C)Nc1ccccc1-c1n[nH]c(C)n1. The molecule has 0 aliphatic carbocycles. The minimum absolute atomic E-state index is 0.459. The van der Waals surface area contributed by atoms with Crippen molar-refractivity contribution in [1.29, 1.82) is 0 Å². The van der Waals surface area contributed by atoms with Crippen LogP contribution in [0.5, 0.6) is 0 Å². The second kappa shape index (κ2) is 6.36. The Labute approximate surface area is 114 Å². The number of unbranched alkanes of at least 4 members (excludes halogenated alkanes) is 1. The van der Waals surface area contributed by atoms with Gasteiger partial charge in [-0.2, -0.15) is 5.10 Å². The Balaban J connectivity index is 2.17. The van der Waals surface area contributed by atoms with Crippen LogP contribution in [0.2, 0.25) is 0 Å². The van der Waals surface area contributed by atoms with E-state index in [1.165, 1.54) is 19.3 Å². The Hall–Kier alpha value is -1.84. The molecule has 1 aromatic carbocycles. The number of aromatic amines is 1. The van der Waals surface area contributed by atoms with Crippen molar-refractivity contribution in [2.24, 2.45) is 0 Å². The number of para-hydroxylation sites is 1. The first kappa shape index (κ1) is 13.6. The maximum atomic E-state index is 4.40. The highest BCUT2D eigenvalue weighted by Gasteiger charge is 2.10. The molecule has 1 heterocycles. The fraction of sp³-hybridized carbons (Fsp3) is 0.467. The highest BCUT2D eigenvalue weighted by atomic mass is 15.2. The van der Waals surface area contributed by atoms with Crippen molar-refractivity contribution in [2.45, 2.75) is 46.1 Å². The molecule has 0 bridgehead atoms. The molecule has 0 radical (unpaired) electrons. The van der Waals surface area contributed by atoms with E-state index < -0.39 is 0 Å². The molecule has 0 amide bonds. The van der Waals surface area contributed by atoms with E-state index in [1.54, 1.807) is 0 Å². The number of H-pyrrole nitrogens is 1.